The van der Waals surface area contributed by atoms with Crippen molar-refractivity contribution < 1.29 is 23.9 Å². The number of nitrogens with two attached hydrogens (primary N) is 1. The molecule has 1 amide bonds. The average Bonchev–Trinajstić information content (AvgIpc) is 2.37. The lowest BCUT2D eigenvalue weighted by Crippen LogP contribution is -2.12. The van der Waals surface area contributed by atoms with Crippen molar-refractivity contribution in [2.24, 2.45) is 5.73 Å². The first kappa shape index (κ1) is 15.6. The fourth-order valence-electron chi connectivity index (χ4n) is 0.987. The van der Waals surface area contributed by atoms with Crippen molar-refractivity contribution in [2.75, 3.05) is 13.7 Å². The third-order valence-electron chi connectivity index (χ3n) is 1.85. The molecule has 6 heteroatoms. The summed E-state index contributed by atoms with van der Waals surface area (Å²) in [6.45, 7) is 1.36. The molecule has 0 atom stereocenters. The summed E-state index contributed by atoms with van der Waals surface area (Å²) in [6, 6.07) is 6.57. The first-order valence-corrected chi connectivity index (χ1v) is 5.01. The molecule has 1 rings (SSSR count). The number of carbonyl (C=O) groups is 3. The van der Waals surface area contributed by atoms with Crippen LogP contribution in [-0.4, -0.2) is 31.9 Å². The maximum Gasteiger partial charge on any atom is 0.343 e. The maximum atomic E-state index is 11.0. The molecule has 1 aromatic carbocycles. The summed E-state index contributed by atoms with van der Waals surface area (Å²) in [5.74, 6) is 0.0885. The molecule has 0 fully saturated rings. The summed E-state index contributed by atoms with van der Waals surface area (Å²) in [4.78, 5) is 30.3. The lowest BCUT2D eigenvalue weighted by Gasteiger charge is -2.04. The number of primary amides is 1. The number of amides is 1. The fraction of sp³-hybridized carbons (Fsp3) is 0.250. The number of methoxy groups -OCH3 is 1. The van der Waals surface area contributed by atoms with Crippen LogP contribution in [0.1, 0.15) is 17.3 Å². The Bertz CT molecular complexity index is 399. The standard InChI is InChI=1S/C11H12O4.CH3NO/c1-8(12)9-3-5-10(6-4-9)15-7-11(13)14-2;2-1-3/h3-6H,7H2,1-2H3;1H,(H2,2,3). The Balaban J connectivity index is 0.000000873. The highest BCUT2D eigenvalue weighted by Crippen LogP contribution is 2.12. The van der Waals surface area contributed by atoms with E-state index < -0.39 is 5.97 Å². The molecule has 0 aliphatic carbocycles. The second-order valence-electron chi connectivity index (χ2n) is 3.08. The lowest BCUT2D eigenvalue weighted by atomic mass is 10.1. The molecule has 0 bridgehead atoms. The molecule has 0 saturated carbocycles. The van der Waals surface area contributed by atoms with E-state index in [0.717, 1.165) is 0 Å². The summed E-state index contributed by atoms with van der Waals surface area (Å²) in [5.41, 5.74) is 4.78. The van der Waals surface area contributed by atoms with Crippen LogP contribution < -0.4 is 10.5 Å². The van der Waals surface area contributed by atoms with Crippen molar-refractivity contribution in [3.05, 3.63) is 29.8 Å². The summed E-state index contributed by atoms with van der Waals surface area (Å²) in [5, 5.41) is 0. The summed E-state index contributed by atoms with van der Waals surface area (Å²) >= 11 is 0. The molecule has 0 unspecified atom stereocenters. The SMILES string of the molecule is COC(=O)COc1ccc(C(C)=O)cc1.NC=O. The Hall–Kier alpha value is -2.37. The molecule has 0 aromatic heterocycles. The first-order chi connectivity index (χ1) is 8.54. The van der Waals surface area contributed by atoms with Crippen LogP contribution >= 0.6 is 0 Å². The third-order valence-corrected chi connectivity index (χ3v) is 1.85. The van der Waals surface area contributed by atoms with Crippen LogP contribution in [-0.2, 0) is 14.3 Å². The zero-order valence-corrected chi connectivity index (χ0v) is 10.2. The molecule has 0 aliphatic rings. The fourth-order valence-corrected chi connectivity index (χ4v) is 0.987. The highest BCUT2D eigenvalue weighted by atomic mass is 16.6. The normalized spacial score (nSPS) is 8.56. The number of carbonyl (C=O) groups excluding carboxylic acids is 3. The third kappa shape index (κ3) is 6.26. The van der Waals surface area contributed by atoms with Gasteiger partial charge in [-0.05, 0) is 31.2 Å². The van der Waals surface area contributed by atoms with Gasteiger partial charge in [-0.25, -0.2) is 4.79 Å². The van der Waals surface area contributed by atoms with E-state index in [1.54, 1.807) is 24.3 Å². The number of ether oxygens (including phenoxy) is 2. The number of benzene rings is 1. The zero-order chi connectivity index (χ0) is 14.0. The molecular weight excluding hydrogens is 238 g/mol. The van der Waals surface area contributed by atoms with Crippen molar-refractivity contribution >= 4 is 18.2 Å². The Morgan fingerprint density at radius 2 is 1.78 bits per heavy atom. The van der Waals surface area contributed by atoms with Gasteiger partial charge in [0.2, 0.25) is 6.41 Å². The van der Waals surface area contributed by atoms with E-state index in [0.29, 0.717) is 11.3 Å². The molecule has 0 heterocycles. The van der Waals surface area contributed by atoms with Gasteiger partial charge in [-0.2, -0.15) is 0 Å². The van der Waals surface area contributed by atoms with E-state index in [2.05, 4.69) is 10.5 Å². The maximum absolute atomic E-state index is 11.0. The monoisotopic (exact) mass is 253 g/mol. The predicted octanol–water partition coefficient (Wildman–Crippen LogP) is 0.542. The molecule has 0 saturated heterocycles. The molecule has 0 spiro atoms. The van der Waals surface area contributed by atoms with Crippen molar-refractivity contribution in [1.29, 1.82) is 0 Å². The van der Waals surface area contributed by atoms with Gasteiger partial charge in [0, 0.05) is 5.56 Å². The molecule has 0 radical (unpaired) electrons. The van der Waals surface area contributed by atoms with Crippen molar-refractivity contribution in [1.82, 2.24) is 0 Å². The van der Waals surface area contributed by atoms with E-state index in [-0.39, 0.29) is 18.8 Å². The molecule has 18 heavy (non-hydrogen) atoms. The Morgan fingerprint density at radius 3 is 2.17 bits per heavy atom. The largest absolute Gasteiger partial charge is 0.482 e. The van der Waals surface area contributed by atoms with Gasteiger partial charge in [-0.15, -0.1) is 0 Å². The van der Waals surface area contributed by atoms with Crippen LogP contribution in [0.15, 0.2) is 24.3 Å². The number of rotatable bonds is 4. The second-order valence-corrected chi connectivity index (χ2v) is 3.08. The van der Waals surface area contributed by atoms with Gasteiger partial charge in [0.05, 0.1) is 7.11 Å². The van der Waals surface area contributed by atoms with Gasteiger partial charge in [0.1, 0.15) is 5.75 Å². The van der Waals surface area contributed by atoms with Crippen molar-refractivity contribution in [3.8, 4) is 5.75 Å². The topological polar surface area (TPSA) is 95.7 Å². The highest BCUT2D eigenvalue weighted by Gasteiger charge is 2.02. The van der Waals surface area contributed by atoms with E-state index in [4.69, 9.17) is 9.53 Å². The zero-order valence-electron chi connectivity index (χ0n) is 10.2. The van der Waals surface area contributed by atoms with Crippen LogP contribution in [0, 0.1) is 0 Å². The lowest BCUT2D eigenvalue weighted by molar-refractivity contribution is -0.142. The van der Waals surface area contributed by atoms with E-state index in [1.807, 2.05) is 0 Å². The van der Waals surface area contributed by atoms with Gasteiger partial charge in [-0.1, -0.05) is 0 Å². The van der Waals surface area contributed by atoms with Crippen LogP contribution in [0.2, 0.25) is 0 Å². The molecule has 98 valence electrons. The van der Waals surface area contributed by atoms with Crippen LogP contribution in [0.3, 0.4) is 0 Å². The summed E-state index contributed by atoms with van der Waals surface area (Å²) in [6.07, 6.45) is 0.250. The van der Waals surface area contributed by atoms with Crippen LogP contribution in [0.25, 0.3) is 0 Å². The van der Waals surface area contributed by atoms with Gasteiger partial charge >= 0.3 is 5.97 Å². The number of hydrogen-bond acceptors (Lipinski definition) is 5. The summed E-state index contributed by atoms with van der Waals surface area (Å²) in [7, 11) is 1.30. The second kappa shape index (κ2) is 8.74. The number of esters is 1. The molecule has 0 aliphatic heterocycles. The minimum atomic E-state index is -0.439. The van der Waals surface area contributed by atoms with Crippen molar-refractivity contribution in [3.63, 3.8) is 0 Å². The van der Waals surface area contributed by atoms with E-state index in [1.165, 1.54) is 14.0 Å². The molecule has 6 nitrogen and oxygen atoms in total. The van der Waals surface area contributed by atoms with Gasteiger partial charge < -0.3 is 15.2 Å². The molecule has 2 N–H and O–H groups in total. The van der Waals surface area contributed by atoms with Gasteiger partial charge in [0.25, 0.3) is 0 Å². The van der Waals surface area contributed by atoms with Crippen LogP contribution in [0.4, 0.5) is 0 Å². The average molecular weight is 253 g/mol. The first-order valence-electron chi connectivity index (χ1n) is 5.01. The Labute approximate surface area is 105 Å². The van der Waals surface area contributed by atoms with Crippen molar-refractivity contribution in [2.45, 2.75) is 6.92 Å². The van der Waals surface area contributed by atoms with Gasteiger partial charge in [-0.3, -0.25) is 9.59 Å². The van der Waals surface area contributed by atoms with Crippen LogP contribution in [0.5, 0.6) is 5.75 Å². The predicted molar refractivity (Wildman–Crippen MR) is 64.2 cm³/mol. The molecule has 1 aromatic rings. The Kier molecular flexibility index (Phi) is 7.59. The highest BCUT2D eigenvalue weighted by molar-refractivity contribution is 5.94. The summed E-state index contributed by atoms with van der Waals surface area (Å²) < 4.78 is 9.52. The minimum absolute atomic E-state index is 0.00508. The smallest absolute Gasteiger partial charge is 0.343 e. The number of hydrogen-bond donors (Lipinski definition) is 1. The van der Waals surface area contributed by atoms with E-state index in [9.17, 15) is 9.59 Å². The van der Waals surface area contributed by atoms with Gasteiger partial charge in [0.15, 0.2) is 12.4 Å². The molecular formula is C12H15NO5. The Morgan fingerprint density at radius 1 is 1.28 bits per heavy atom. The van der Waals surface area contributed by atoms with E-state index >= 15 is 0 Å². The number of ketones is 1. The number of Topliss-reactive ketones (excluding diaryl/α,β-unsaturated/α-hetero) is 1. The minimum Gasteiger partial charge on any atom is -0.482 e. The quantitative estimate of drug-likeness (QED) is 0.480.